The molecule has 3 heterocycles. The number of aromatic nitrogens is 3. The third kappa shape index (κ3) is 2.85. The molecule has 6 heteroatoms. The minimum atomic E-state index is 0.177. The smallest absolute Gasteiger partial charge is 0.274 e. The van der Waals surface area contributed by atoms with Crippen LogP contribution >= 0.6 is 0 Å². The molecular weight excluding hydrogens is 304 g/mol. The Bertz CT molecular complexity index is 751. The van der Waals surface area contributed by atoms with Crippen LogP contribution in [0.2, 0.25) is 0 Å². The van der Waals surface area contributed by atoms with Crippen molar-refractivity contribution in [2.24, 2.45) is 0 Å². The summed E-state index contributed by atoms with van der Waals surface area (Å²) in [5.41, 5.74) is 3.02. The van der Waals surface area contributed by atoms with Crippen molar-refractivity contribution in [3.63, 3.8) is 0 Å². The van der Waals surface area contributed by atoms with Crippen LogP contribution in [0, 0.1) is 13.8 Å². The number of amides is 1. The van der Waals surface area contributed by atoms with Gasteiger partial charge in [0.2, 0.25) is 5.91 Å². The summed E-state index contributed by atoms with van der Waals surface area (Å²) in [5.74, 6) is 1.98. The molecule has 2 aromatic rings. The first-order valence-corrected chi connectivity index (χ1v) is 8.92. The molecule has 6 nitrogen and oxygen atoms in total. The highest BCUT2D eigenvalue weighted by Gasteiger charge is 2.30. The van der Waals surface area contributed by atoms with E-state index in [4.69, 9.17) is 4.52 Å². The number of aryl methyl sites for hydroxylation is 2. The van der Waals surface area contributed by atoms with Crippen LogP contribution < -0.4 is 0 Å². The van der Waals surface area contributed by atoms with E-state index in [1.165, 1.54) is 6.42 Å². The normalized spacial score (nSPS) is 18.2. The average molecular weight is 328 g/mol. The Kier molecular flexibility index (Phi) is 3.90. The van der Waals surface area contributed by atoms with E-state index in [2.05, 4.69) is 16.2 Å². The molecule has 0 spiro atoms. The summed E-state index contributed by atoms with van der Waals surface area (Å²) in [6.45, 7) is 6.15. The van der Waals surface area contributed by atoms with Crippen molar-refractivity contribution in [3.05, 3.63) is 23.1 Å². The number of hydrogen-bond acceptors (Lipinski definition) is 4. The van der Waals surface area contributed by atoms with E-state index < -0.39 is 0 Å². The van der Waals surface area contributed by atoms with Gasteiger partial charge in [0.25, 0.3) is 5.89 Å². The molecular formula is C18H24N4O2. The quantitative estimate of drug-likeness (QED) is 0.865. The maximum Gasteiger partial charge on any atom is 0.274 e. The standard InChI is InChI=1S/C18H24N4O2/c1-12-10-13(2)22(11-15(23)21-8-4-3-5-9-21)16(12)18-19-17(20-24-18)14-6-7-14/h10,14H,3-9,11H2,1-2H3. The highest BCUT2D eigenvalue weighted by Crippen LogP contribution is 2.39. The van der Waals surface area contributed by atoms with Crippen molar-refractivity contribution in [2.75, 3.05) is 13.1 Å². The van der Waals surface area contributed by atoms with Gasteiger partial charge >= 0.3 is 0 Å². The van der Waals surface area contributed by atoms with Crippen LogP contribution in [0.15, 0.2) is 10.6 Å². The molecule has 0 aromatic carbocycles. The molecule has 2 fully saturated rings. The second-order valence-corrected chi connectivity index (χ2v) is 7.08. The Morgan fingerprint density at radius 1 is 1.25 bits per heavy atom. The van der Waals surface area contributed by atoms with Crippen LogP contribution in [0.4, 0.5) is 0 Å². The van der Waals surface area contributed by atoms with Crippen LogP contribution in [-0.4, -0.2) is 38.6 Å². The summed E-state index contributed by atoms with van der Waals surface area (Å²) in [6, 6.07) is 2.08. The third-order valence-corrected chi connectivity index (χ3v) is 5.08. The third-order valence-electron chi connectivity index (χ3n) is 5.08. The van der Waals surface area contributed by atoms with E-state index in [0.717, 1.165) is 61.5 Å². The van der Waals surface area contributed by atoms with Gasteiger partial charge in [0.15, 0.2) is 5.82 Å². The largest absolute Gasteiger partial charge is 0.341 e. The number of hydrogen-bond donors (Lipinski definition) is 0. The highest BCUT2D eigenvalue weighted by atomic mass is 16.5. The number of likely N-dealkylation sites (tertiary alicyclic amines) is 1. The fourth-order valence-corrected chi connectivity index (χ4v) is 3.55. The van der Waals surface area contributed by atoms with Gasteiger partial charge in [-0.05, 0) is 57.6 Å². The number of nitrogens with zero attached hydrogens (tertiary/aromatic N) is 4. The van der Waals surface area contributed by atoms with E-state index in [9.17, 15) is 4.79 Å². The molecule has 1 saturated heterocycles. The maximum absolute atomic E-state index is 12.7. The zero-order valence-corrected chi connectivity index (χ0v) is 14.4. The van der Waals surface area contributed by atoms with Crippen molar-refractivity contribution in [1.82, 2.24) is 19.6 Å². The van der Waals surface area contributed by atoms with Gasteiger partial charge in [-0.1, -0.05) is 5.16 Å². The second kappa shape index (κ2) is 6.07. The Hall–Kier alpha value is -2.11. The molecule has 128 valence electrons. The number of carbonyl (C=O) groups excluding carboxylic acids is 1. The molecule has 0 unspecified atom stereocenters. The maximum atomic E-state index is 12.7. The Balaban J connectivity index is 1.61. The van der Waals surface area contributed by atoms with Crippen LogP contribution in [0.5, 0.6) is 0 Å². The van der Waals surface area contributed by atoms with E-state index in [-0.39, 0.29) is 5.91 Å². The van der Waals surface area contributed by atoms with Crippen LogP contribution in [0.3, 0.4) is 0 Å². The highest BCUT2D eigenvalue weighted by molar-refractivity contribution is 5.77. The van der Waals surface area contributed by atoms with Gasteiger partial charge in [0, 0.05) is 24.7 Å². The summed E-state index contributed by atoms with van der Waals surface area (Å²) in [6.07, 6.45) is 5.73. The predicted molar refractivity (Wildman–Crippen MR) is 89.6 cm³/mol. The topological polar surface area (TPSA) is 64.2 Å². The fourth-order valence-electron chi connectivity index (χ4n) is 3.55. The molecule has 2 aliphatic rings. The summed E-state index contributed by atoms with van der Waals surface area (Å²) in [5, 5.41) is 4.12. The summed E-state index contributed by atoms with van der Waals surface area (Å²) >= 11 is 0. The van der Waals surface area contributed by atoms with E-state index in [1.807, 2.05) is 23.3 Å². The van der Waals surface area contributed by atoms with E-state index in [0.29, 0.717) is 18.4 Å². The molecule has 2 aromatic heterocycles. The monoisotopic (exact) mass is 328 g/mol. The SMILES string of the molecule is Cc1cc(C)n(CC(=O)N2CCCCC2)c1-c1nc(C2CC2)no1. The first kappa shape index (κ1) is 15.4. The van der Waals surface area contributed by atoms with Crippen molar-refractivity contribution in [2.45, 2.75) is 58.4 Å². The lowest BCUT2D eigenvalue weighted by Gasteiger charge is -2.27. The van der Waals surface area contributed by atoms with Crippen LogP contribution in [0.25, 0.3) is 11.6 Å². The van der Waals surface area contributed by atoms with Crippen LogP contribution in [-0.2, 0) is 11.3 Å². The van der Waals surface area contributed by atoms with Crippen molar-refractivity contribution < 1.29 is 9.32 Å². The molecule has 4 rings (SSSR count). The van der Waals surface area contributed by atoms with E-state index >= 15 is 0 Å². The van der Waals surface area contributed by atoms with Gasteiger partial charge in [-0.15, -0.1) is 0 Å². The van der Waals surface area contributed by atoms with E-state index in [1.54, 1.807) is 0 Å². The molecule has 0 bridgehead atoms. The lowest BCUT2D eigenvalue weighted by molar-refractivity contribution is -0.132. The molecule has 1 saturated carbocycles. The minimum absolute atomic E-state index is 0.177. The Morgan fingerprint density at radius 3 is 2.71 bits per heavy atom. The average Bonchev–Trinajstić information content (AvgIpc) is 3.26. The summed E-state index contributed by atoms with van der Waals surface area (Å²) in [4.78, 5) is 19.2. The Labute approximate surface area is 141 Å². The predicted octanol–water partition coefficient (Wildman–Crippen LogP) is 3.04. The van der Waals surface area contributed by atoms with Crippen molar-refractivity contribution in [3.8, 4) is 11.6 Å². The van der Waals surface area contributed by atoms with Gasteiger partial charge < -0.3 is 14.0 Å². The molecule has 1 amide bonds. The minimum Gasteiger partial charge on any atom is -0.341 e. The van der Waals surface area contributed by atoms with Crippen molar-refractivity contribution in [1.29, 1.82) is 0 Å². The van der Waals surface area contributed by atoms with Gasteiger partial charge in [-0.2, -0.15) is 4.98 Å². The lowest BCUT2D eigenvalue weighted by atomic mass is 10.1. The zero-order chi connectivity index (χ0) is 16.7. The lowest BCUT2D eigenvalue weighted by Crippen LogP contribution is -2.38. The number of rotatable bonds is 4. The summed E-state index contributed by atoms with van der Waals surface area (Å²) < 4.78 is 7.53. The second-order valence-electron chi connectivity index (χ2n) is 7.08. The summed E-state index contributed by atoms with van der Waals surface area (Å²) in [7, 11) is 0. The molecule has 1 aliphatic heterocycles. The van der Waals surface area contributed by atoms with Crippen LogP contribution in [0.1, 0.15) is 55.1 Å². The molecule has 24 heavy (non-hydrogen) atoms. The number of piperidine rings is 1. The number of carbonyl (C=O) groups is 1. The van der Waals surface area contributed by atoms with Gasteiger partial charge in [-0.3, -0.25) is 4.79 Å². The zero-order valence-electron chi connectivity index (χ0n) is 14.4. The van der Waals surface area contributed by atoms with Gasteiger partial charge in [-0.25, -0.2) is 0 Å². The van der Waals surface area contributed by atoms with Gasteiger partial charge in [0.05, 0.1) is 0 Å². The molecule has 0 radical (unpaired) electrons. The first-order chi connectivity index (χ1) is 11.6. The molecule has 0 atom stereocenters. The first-order valence-electron chi connectivity index (χ1n) is 8.92. The molecule has 1 aliphatic carbocycles. The van der Waals surface area contributed by atoms with Gasteiger partial charge in [0.1, 0.15) is 12.2 Å². The fraction of sp³-hybridized carbons (Fsp3) is 0.611. The Morgan fingerprint density at radius 2 is 2.00 bits per heavy atom. The van der Waals surface area contributed by atoms with Crippen molar-refractivity contribution >= 4 is 5.91 Å². The molecule has 0 N–H and O–H groups in total.